The number of aromatic nitrogens is 4. The second-order valence-corrected chi connectivity index (χ2v) is 14.5. The van der Waals surface area contributed by atoms with Gasteiger partial charge >= 0.3 is 0 Å². The number of pyridine rings is 1. The number of rotatable bonds is 10. The van der Waals surface area contributed by atoms with Crippen molar-refractivity contribution >= 4 is 21.8 Å². The maximum atomic E-state index is 6.84. The normalized spacial score (nSPS) is 11.9. The van der Waals surface area contributed by atoms with Crippen LogP contribution >= 0.6 is 0 Å². The molecular weight excluding hydrogens is 625 g/mol. The van der Waals surface area contributed by atoms with E-state index in [2.05, 4.69) is 156 Å². The SMILES string of the molecule is CCc1ccnc(-n2c3ccccc3c3ccc(Oc4cc(-n5nc(CC)c(-c6c(CC)cccc6CC)c5CC)cc(C(C)(C)C)c4)cc32)c1. The Hall–Kier alpha value is -5.16. The maximum absolute atomic E-state index is 6.84. The van der Waals surface area contributed by atoms with Gasteiger partial charge in [-0.15, -0.1) is 0 Å². The van der Waals surface area contributed by atoms with Crippen LogP contribution in [0.3, 0.4) is 0 Å². The Morgan fingerprint density at radius 1 is 0.627 bits per heavy atom. The van der Waals surface area contributed by atoms with Crippen molar-refractivity contribution in [2.45, 2.75) is 92.9 Å². The number of ether oxygens (including phenoxy) is 1. The highest BCUT2D eigenvalue weighted by atomic mass is 16.5. The number of nitrogens with zero attached hydrogens (tertiary/aromatic N) is 4. The van der Waals surface area contributed by atoms with E-state index >= 15 is 0 Å². The average Bonchev–Trinajstić information content (AvgIpc) is 3.69. The highest BCUT2D eigenvalue weighted by Gasteiger charge is 2.24. The van der Waals surface area contributed by atoms with Crippen molar-refractivity contribution in [2.24, 2.45) is 0 Å². The Labute approximate surface area is 302 Å². The molecule has 260 valence electrons. The van der Waals surface area contributed by atoms with Crippen LogP contribution < -0.4 is 4.74 Å². The zero-order valence-electron chi connectivity index (χ0n) is 31.5. The van der Waals surface area contributed by atoms with E-state index in [0.717, 1.165) is 71.8 Å². The van der Waals surface area contributed by atoms with Gasteiger partial charge in [0, 0.05) is 34.7 Å². The molecule has 4 aromatic carbocycles. The van der Waals surface area contributed by atoms with E-state index in [-0.39, 0.29) is 5.41 Å². The standard InChI is InChI=1S/C46H50N4O/c1-9-30-23-24-47-43(25-30)49-41-20-15-14-19-37(41)38-22-21-35(29-42(38)49)51-36-27-33(46(6,7)8)26-34(28-36)50-40(13-5)45(39(12-4)48-50)44-31(10-2)17-16-18-32(44)11-3/h14-29H,9-13H2,1-8H3. The number of aryl methyl sites for hydroxylation is 4. The quantitative estimate of drug-likeness (QED) is 0.145. The topological polar surface area (TPSA) is 44.9 Å². The van der Waals surface area contributed by atoms with Crippen molar-refractivity contribution in [2.75, 3.05) is 0 Å². The third-order valence-corrected chi connectivity index (χ3v) is 10.3. The highest BCUT2D eigenvalue weighted by Crippen LogP contribution is 2.39. The number of hydrogen-bond acceptors (Lipinski definition) is 3. The third kappa shape index (κ3) is 6.24. The second kappa shape index (κ2) is 13.9. The van der Waals surface area contributed by atoms with E-state index in [4.69, 9.17) is 14.8 Å². The molecule has 0 radical (unpaired) electrons. The molecule has 0 N–H and O–H groups in total. The summed E-state index contributed by atoms with van der Waals surface area (Å²) >= 11 is 0. The molecule has 0 amide bonds. The third-order valence-electron chi connectivity index (χ3n) is 10.3. The van der Waals surface area contributed by atoms with Gasteiger partial charge < -0.3 is 4.74 Å². The first-order valence-corrected chi connectivity index (χ1v) is 18.7. The highest BCUT2D eigenvalue weighted by molar-refractivity contribution is 6.09. The Morgan fingerprint density at radius 3 is 2.06 bits per heavy atom. The van der Waals surface area contributed by atoms with E-state index in [1.54, 1.807) is 0 Å². The molecule has 5 nitrogen and oxygen atoms in total. The van der Waals surface area contributed by atoms with Crippen molar-refractivity contribution in [1.82, 2.24) is 19.3 Å². The van der Waals surface area contributed by atoms with Gasteiger partial charge in [-0.3, -0.25) is 4.57 Å². The molecule has 0 bridgehead atoms. The number of para-hydroxylation sites is 1. The van der Waals surface area contributed by atoms with Crippen LogP contribution in [0.4, 0.5) is 0 Å². The van der Waals surface area contributed by atoms with Gasteiger partial charge in [-0.2, -0.15) is 5.10 Å². The van der Waals surface area contributed by atoms with Crippen molar-refractivity contribution in [3.63, 3.8) is 0 Å². The first kappa shape index (κ1) is 34.3. The number of fused-ring (bicyclic) bond motifs is 3. The fourth-order valence-corrected chi connectivity index (χ4v) is 7.54. The molecule has 3 aromatic heterocycles. The molecule has 0 spiro atoms. The van der Waals surface area contributed by atoms with Crippen molar-refractivity contribution in [3.05, 3.63) is 131 Å². The molecule has 3 heterocycles. The molecule has 0 saturated carbocycles. The second-order valence-electron chi connectivity index (χ2n) is 14.5. The van der Waals surface area contributed by atoms with Crippen LogP contribution in [0, 0.1) is 0 Å². The molecule has 0 unspecified atom stereocenters. The largest absolute Gasteiger partial charge is 0.457 e. The van der Waals surface area contributed by atoms with Crippen LogP contribution in [0.25, 0.3) is 44.4 Å². The van der Waals surface area contributed by atoms with Gasteiger partial charge in [0.25, 0.3) is 0 Å². The minimum Gasteiger partial charge on any atom is -0.457 e. The summed E-state index contributed by atoms with van der Waals surface area (Å²) in [5.74, 6) is 2.50. The lowest BCUT2D eigenvalue weighted by Crippen LogP contribution is -2.13. The summed E-state index contributed by atoms with van der Waals surface area (Å²) in [6.45, 7) is 17.9. The molecule has 5 heteroatoms. The van der Waals surface area contributed by atoms with Crippen LogP contribution in [0.15, 0.2) is 97.2 Å². The van der Waals surface area contributed by atoms with E-state index < -0.39 is 0 Å². The van der Waals surface area contributed by atoms with Gasteiger partial charge in [0.15, 0.2) is 0 Å². The van der Waals surface area contributed by atoms with Gasteiger partial charge in [0.1, 0.15) is 17.3 Å². The first-order chi connectivity index (χ1) is 24.7. The van der Waals surface area contributed by atoms with Gasteiger partial charge in [0.05, 0.1) is 28.1 Å². The van der Waals surface area contributed by atoms with Crippen LogP contribution in [0.1, 0.15) is 89.0 Å². The van der Waals surface area contributed by atoms with E-state index in [0.29, 0.717) is 0 Å². The fourth-order valence-electron chi connectivity index (χ4n) is 7.54. The van der Waals surface area contributed by atoms with Gasteiger partial charge in [0.2, 0.25) is 0 Å². The molecular formula is C46H50N4O. The summed E-state index contributed by atoms with van der Waals surface area (Å²) in [5, 5.41) is 7.72. The Morgan fingerprint density at radius 2 is 1.37 bits per heavy atom. The van der Waals surface area contributed by atoms with Crippen LogP contribution in [-0.2, 0) is 37.5 Å². The predicted molar refractivity (Wildman–Crippen MR) is 213 cm³/mol. The molecule has 7 aromatic rings. The average molecular weight is 675 g/mol. The van der Waals surface area contributed by atoms with Gasteiger partial charge in [-0.05, 0) is 108 Å². The molecule has 7 rings (SSSR count). The first-order valence-electron chi connectivity index (χ1n) is 18.7. The minimum atomic E-state index is -0.0966. The molecule has 0 atom stereocenters. The van der Waals surface area contributed by atoms with E-state index in [1.807, 2.05) is 6.20 Å². The van der Waals surface area contributed by atoms with Crippen LogP contribution in [-0.4, -0.2) is 19.3 Å². The molecule has 0 saturated heterocycles. The minimum absolute atomic E-state index is 0.0966. The maximum Gasteiger partial charge on any atom is 0.137 e. The summed E-state index contributed by atoms with van der Waals surface area (Å²) in [5.41, 5.74) is 13.4. The number of hydrogen-bond donors (Lipinski definition) is 0. The van der Waals surface area contributed by atoms with E-state index in [1.165, 1.54) is 49.8 Å². The Balaban J connectivity index is 1.38. The van der Waals surface area contributed by atoms with Crippen molar-refractivity contribution in [1.29, 1.82) is 0 Å². The summed E-state index contributed by atoms with van der Waals surface area (Å²) in [7, 11) is 0. The zero-order valence-corrected chi connectivity index (χ0v) is 31.5. The lowest BCUT2D eigenvalue weighted by atomic mass is 9.86. The zero-order chi connectivity index (χ0) is 35.9. The predicted octanol–water partition coefficient (Wildman–Crippen LogP) is 11.9. The number of benzene rings is 4. The molecule has 0 aliphatic carbocycles. The Kier molecular flexibility index (Phi) is 9.32. The van der Waals surface area contributed by atoms with Crippen LogP contribution in [0.5, 0.6) is 11.5 Å². The van der Waals surface area contributed by atoms with E-state index in [9.17, 15) is 0 Å². The lowest BCUT2D eigenvalue weighted by molar-refractivity contribution is 0.478. The van der Waals surface area contributed by atoms with Gasteiger partial charge in [-0.25, -0.2) is 9.67 Å². The fraction of sp³-hybridized carbons (Fsp3) is 0.304. The molecule has 0 aliphatic rings. The van der Waals surface area contributed by atoms with Gasteiger partial charge in [-0.1, -0.05) is 91.8 Å². The summed E-state index contributed by atoms with van der Waals surface area (Å²) in [6.07, 6.45) is 6.57. The molecule has 0 aliphatic heterocycles. The Bertz CT molecular complexity index is 2350. The smallest absolute Gasteiger partial charge is 0.137 e. The molecule has 51 heavy (non-hydrogen) atoms. The van der Waals surface area contributed by atoms with Crippen molar-refractivity contribution < 1.29 is 4.74 Å². The lowest BCUT2D eigenvalue weighted by Gasteiger charge is -2.22. The summed E-state index contributed by atoms with van der Waals surface area (Å²) in [4.78, 5) is 4.82. The van der Waals surface area contributed by atoms with Crippen molar-refractivity contribution in [3.8, 4) is 34.1 Å². The van der Waals surface area contributed by atoms with Crippen LogP contribution in [0.2, 0.25) is 0 Å². The molecule has 0 fully saturated rings. The summed E-state index contributed by atoms with van der Waals surface area (Å²) < 4.78 is 11.3. The summed E-state index contributed by atoms with van der Waals surface area (Å²) in [6, 6.07) is 32.7. The monoisotopic (exact) mass is 674 g/mol.